The van der Waals surface area contributed by atoms with Crippen LogP contribution in [0.2, 0.25) is 52.4 Å². The molecule has 0 aliphatic heterocycles. The van der Waals surface area contributed by atoms with E-state index >= 15 is 0 Å². The summed E-state index contributed by atoms with van der Waals surface area (Å²) in [4.78, 5) is 0. The van der Waals surface area contributed by atoms with E-state index in [4.69, 9.17) is 17.0 Å². The number of fused-ring (bicyclic) bond motifs is 2. The van der Waals surface area contributed by atoms with Crippen LogP contribution in [0.25, 0.3) is 33.7 Å². The summed E-state index contributed by atoms with van der Waals surface area (Å²) >= 11 is -0.826. The van der Waals surface area contributed by atoms with Crippen LogP contribution in [0.3, 0.4) is 0 Å². The summed E-state index contributed by atoms with van der Waals surface area (Å²) in [6.07, 6.45) is 4.64. The summed E-state index contributed by atoms with van der Waals surface area (Å²) in [5.41, 5.74) is 10.5. The zero-order valence-corrected chi connectivity index (χ0v) is 35.0. The number of benzene rings is 2. The van der Waals surface area contributed by atoms with Crippen LogP contribution in [0.15, 0.2) is 72.1 Å². The van der Waals surface area contributed by atoms with Gasteiger partial charge in [-0.15, -0.1) is 69.1 Å². The normalized spacial score (nSPS) is 11.8. The monoisotopic (exact) mass is 728 g/mol. The van der Waals surface area contributed by atoms with Crippen molar-refractivity contribution in [3.05, 3.63) is 94.3 Å². The average Bonchev–Trinajstić information content (AvgIpc) is 3.52. The van der Waals surface area contributed by atoms with Crippen LogP contribution in [0, 0.1) is 0 Å². The molecule has 0 nitrogen and oxygen atoms in total. The van der Waals surface area contributed by atoms with E-state index in [0.717, 1.165) is 9.52 Å². The minimum atomic E-state index is -1.12. The van der Waals surface area contributed by atoms with E-state index < -0.39 is 37.0 Å². The van der Waals surface area contributed by atoms with E-state index in [2.05, 4.69) is 164 Å². The first-order valence-electron chi connectivity index (χ1n) is 14.9. The Balaban J connectivity index is 0.000000354. The summed E-state index contributed by atoms with van der Waals surface area (Å²) in [5.74, 6) is 1.21. The van der Waals surface area contributed by atoms with Crippen molar-refractivity contribution in [1.82, 2.24) is 0 Å². The molecule has 0 atom stereocenters. The maximum absolute atomic E-state index is 4.93. The molecule has 0 unspecified atom stereocenters. The molecule has 4 aromatic rings. The van der Waals surface area contributed by atoms with Gasteiger partial charge in [-0.25, -0.2) is 0 Å². The third-order valence-corrected chi connectivity index (χ3v) is 8.81. The second-order valence-corrected chi connectivity index (χ2v) is 28.4. The fourth-order valence-electron chi connectivity index (χ4n) is 4.20. The molecule has 0 spiro atoms. The van der Waals surface area contributed by atoms with Crippen molar-refractivity contribution in [2.75, 3.05) is 0 Å². The number of hydrogen-bond donors (Lipinski definition) is 0. The van der Waals surface area contributed by atoms with Crippen molar-refractivity contribution in [1.29, 1.82) is 0 Å². The summed E-state index contributed by atoms with van der Waals surface area (Å²) in [6.45, 7) is 27.5. The summed E-state index contributed by atoms with van der Waals surface area (Å²) in [5, 5.41) is 5.54. The molecule has 0 saturated heterocycles. The van der Waals surface area contributed by atoms with Gasteiger partial charge in [-0.3, -0.25) is 0 Å². The molecule has 226 valence electrons. The molecule has 0 fully saturated rings. The zero-order chi connectivity index (χ0) is 32.1. The van der Waals surface area contributed by atoms with Gasteiger partial charge in [0, 0.05) is 9.52 Å². The predicted molar refractivity (Wildman–Crippen MR) is 201 cm³/mol. The predicted octanol–water partition coefficient (Wildman–Crippen LogP) is 13.3. The third-order valence-electron chi connectivity index (χ3n) is 6.47. The minimum absolute atomic E-state index is 0.603. The SMILES string of the molecule is CC(C)c1cc2c(C=C[Si](C)(C)C)cccc2[cH-]1.CC(C)c1cc2c(C=C[Si](C)(C)C)cccc2[cH-]1.C[Si]C.[Cl][Zr+2][Cl]. The van der Waals surface area contributed by atoms with E-state index in [1.165, 1.54) is 43.8 Å². The molecule has 0 aliphatic carbocycles. The van der Waals surface area contributed by atoms with E-state index in [0.29, 0.717) is 11.8 Å². The maximum atomic E-state index is 4.93. The van der Waals surface area contributed by atoms with Crippen LogP contribution in [0.4, 0.5) is 0 Å². The first kappa shape index (κ1) is 39.3. The molecule has 6 heteroatoms. The van der Waals surface area contributed by atoms with Crippen molar-refractivity contribution in [2.24, 2.45) is 0 Å². The Labute approximate surface area is 281 Å². The molecular formula is C36H52Cl2Si3Zr. The van der Waals surface area contributed by atoms with Gasteiger partial charge in [-0.2, -0.15) is 12.1 Å². The van der Waals surface area contributed by atoms with Crippen LogP contribution in [0.1, 0.15) is 61.8 Å². The van der Waals surface area contributed by atoms with Gasteiger partial charge in [-0.05, 0) is 11.8 Å². The second-order valence-electron chi connectivity index (χ2n) is 13.6. The molecule has 0 aliphatic rings. The van der Waals surface area contributed by atoms with Gasteiger partial charge >= 0.3 is 37.9 Å². The number of hydrogen-bond acceptors (Lipinski definition) is 0. The molecular weight excluding hydrogens is 679 g/mol. The average molecular weight is 731 g/mol. The Morgan fingerprint density at radius 1 is 0.667 bits per heavy atom. The van der Waals surface area contributed by atoms with Crippen LogP contribution in [-0.2, 0) is 20.8 Å². The van der Waals surface area contributed by atoms with E-state index in [9.17, 15) is 0 Å². The van der Waals surface area contributed by atoms with Crippen molar-refractivity contribution in [2.45, 2.75) is 91.9 Å². The van der Waals surface area contributed by atoms with Crippen molar-refractivity contribution in [3.8, 4) is 0 Å². The molecule has 2 radical (unpaired) electrons. The van der Waals surface area contributed by atoms with E-state index in [1.807, 2.05) is 0 Å². The Kier molecular flexibility index (Phi) is 17.7. The Bertz CT molecular complexity index is 1290. The Morgan fingerprint density at radius 3 is 1.24 bits per heavy atom. The molecule has 0 saturated carbocycles. The van der Waals surface area contributed by atoms with Gasteiger partial charge < -0.3 is 0 Å². The van der Waals surface area contributed by atoms with Gasteiger partial charge in [0.15, 0.2) is 0 Å². The molecule has 0 aromatic heterocycles. The van der Waals surface area contributed by atoms with E-state index in [-0.39, 0.29) is 0 Å². The van der Waals surface area contributed by atoms with Gasteiger partial charge in [0.25, 0.3) is 0 Å². The first-order valence-corrected chi connectivity index (χ1v) is 30.4. The van der Waals surface area contributed by atoms with E-state index in [1.54, 1.807) is 0 Å². The zero-order valence-electron chi connectivity index (χ0n) is 28.0. The molecule has 4 rings (SSSR count). The van der Waals surface area contributed by atoms with Gasteiger partial charge in [-0.1, -0.05) is 127 Å². The first-order chi connectivity index (χ1) is 19.6. The summed E-state index contributed by atoms with van der Waals surface area (Å²) in [7, 11) is 8.71. The van der Waals surface area contributed by atoms with Crippen LogP contribution < -0.4 is 0 Å². The fourth-order valence-corrected chi connectivity index (χ4v) is 5.56. The third kappa shape index (κ3) is 14.4. The Morgan fingerprint density at radius 2 is 0.976 bits per heavy atom. The van der Waals surface area contributed by atoms with Gasteiger partial charge in [0.2, 0.25) is 0 Å². The topological polar surface area (TPSA) is 0 Å². The van der Waals surface area contributed by atoms with Crippen LogP contribution in [-0.4, -0.2) is 25.7 Å². The van der Waals surface area contributed by atoms with Crippen molar-refractivity contribution < 1.29 is 20.8 Å². The van der Waals surface area contributed by atoms with Gasteiger partial charge in [0.05, 0.1) is 16.1 Å². The van der Waals surface area contributed by atoms with Crippen molar-refractivity contribution >= 4 is 76.4 Å². The molecule has 0 heterocycles. The fraction of sp³-hybridized carbons (Fsp3) is 0.389. The summed E-state index contributed by atoms with van der Waals surface area (Å²) < 4.78 is 0. The summed E-state index contributed by atoms with van der Waals surface area (Å²) in [6, 6.07) is 22.6. The molecule has 42 heavy (non-hydrogen) atoms. The van der Waals surface area contributed by atoms with Gasteiger partial charge in [0.1, 0.15) is 0 Å². The van der Waals surface area contributed by atoms with Crippen LogP contribution in [0.5, 0.6) is 0 Å². The molecule has 0 amide bonds. The standard InChI is InChI=1S/2C17H23Si.C2H6Si.2ClH.Zr/c2*1-13(2)16-11-15-8-6-7-14(17(15)12-16)9-10-18(3,4)5;1-3-2;;;/h2*6-13H,1-5H3;1-2H3;2*1H;/q2*-1;;;;+4/p-2. The molecule has 0 bridgehead atoms. The number of rotatable bonds is 6. The van der Waals surface area contributed by atoms with Crippen LogP contribution >= 0.6 is 17.0 Å². The number of halogens is 2. The molecule has 4 aromatic carbocycles. The second kappa shape index (κ2) is 18.9. The quantitative estimate of drug-likeness (QED) is 0.137. The Hall–Kier alpha value is -0.746. The molecule has 0 N–H and O–H groups in total. The van der Waals surface area contributed by atoms with Crippen molar-refractivity contribution in [3.63, 3.8) is 0 Å².